The number of hydrogen-bond acceptors (Lipinski definition) is 12. The molecular weight excluding hydrogens is 736 g/mol. The molecular formula is C44H68O13. The van der Waals surface area contributed by atoms with E-state index in [4.69, 9.17) is 33.2 Å². The number of aliphatic carboxylic acids is 1. The Hall–Kier alpha value is -1.75. The second kappa shape index (κ2) is 17.0. The lowest BCUT2D eigenvalue weighted by molar-refractivity contribution is -0.321. The first-order valence-corrected chi connectivity index (χ1v) is 21.7. The Balaban J connectivity index is 0.920. The maximum Gasteiger partial charge on any atom is 0.335 e. The van der Waals surface area contributed by atoms with Crippen LogP contribution in [0.1, 0.15) is 125 Å². The molecule has 3 spiro atoms. The van der Waals surface area contributed by atoms with Gasteiger partial charge < -0.3 is 58.7 Å². The molecule has 57 heavy (non-hydrogen) atoms. The van der Waals surface area contributed by atoms with Gasteiger partial charge in [-0.05, 0) is 95.1 Å². The van der Waals surface area contributed by atoms with E-state index in [2.05, 4.69) is 26.5 Å². The molecule has 7 aliphatic heterocycles. The van der Waals surface area contributed by atoms with Crippen molar-refractivity contribution in [1.29, 1.82) is 0 Å². The van der Waals surface area contributed by atoms with E-state index in [1.165, 1.54) is 6.92 Å². The lowest BCUT2D eigenvalue weighted by atomic mass is 9.79. The summed E-state index contributed by atoms with van der Waals surface area (Å²) >= 11 is 0. The molecule has 13 heteroatoms. The molecule has 0 amide bonds. The minimum atomic E-state index is -1.96. The van der Waals surface area contributed by atoms with Crippen LogP contribution in [0.15, 0.2) is 36.0 Å². The van der Waals surface area contributed by atoms with Crippen LogP contribution in [-0.4, -0.2) is 122 Å². The highest BCUT2D eigenvalue weighted by atomic mass is 16.7. The molecule has 5 N–H and O–H groups in total. The molecule has 0 radical (unpaired) electrons. The number of aliphatic hydroxyl groups is 4. The van der Waals surface area contributed by atoms with Crippen molar-refractivity contribution in [2.45, 2.75) is 209 Å². The molecule has 0 bridgehead atoms. The third-order valence-corrected chi connectivity index (χ3v) is 14.0. The molecule has 0 aromatic heterocycles. The van der Waals surface area contributed by atoms with Gasteiger partial charge in [-0.3, -0.25) is 0 Å². The SMILES string of the molecule is C=C1[C@@H](O)[C@@H]2O[C@@]3(CC[C@H](/C=C/[C@@H](C)[C@H]4CC(C)=C[C@@]5(O[C@H](C[C@@](C)(O)C(=O)O)CC[C@H]5O)O4)O3)CC[C@H]2O[C@@H]1[C@@H](O)C[C@H](C)[C@H]1O[C@@]2(CCCCO2)CC[C@H]1C. The smallest absolute Gasteiger partial charge is 0.335 e. The molecule has 0 unspecified atom stereocenters. The minimum Gasteiger partial charge on any atom is -0.479 e. The lowest BCUT2D eigenvalue weighted by Crippen LogP contribution is -2.60. The van der Waals surface area contributed by atoms with Gasteiger partial charge >= 0.3 is 5.97 Å². The van der Waals surface area contributed by atoms with E-state index in [9.17, 15) is 30.3 Å². The van der Waals surface area contributed by atoms with Gasteiger partial charge in [0, 0.05) is 38.0 Å². The summed E-state index contributed by atoms with van der Waals surface area (Å²) in [6.45, 7) is 14.5. The van der Waals surface area contributed by atoms with Gasteiger partial charge in [-0.2, -0.15) is 0 Å². The molecule has 322 valence electrons. The van der Waals surface area contributed by atoms with Gasteiger partial charge in [-0.15, -0.1) is 0 Å². The lowest BCUT2D eigenvalue weighted by Gasteiger charge is -2.50. The maximum atomic E-state index is 11.6. The zero-order valence-electron chi connectivity index (χ0n) is 34.6. The largest absolute Gasteiger partial charge is 0.479 e. The van der Waals surface area contributed by atoms with E-state index in [0.29, 0.717) is 56.4 Å². The maximum absolute atomic E-state index is 11.6. The van der Waals surface area contributed by atoms with E-state index in [0.717, 1.165) is 50.7 Å². The number of aliphatic hydroxyl groups excluding tert-OH is 3. The van der Waals surface area contributed by atoms with Crippen LogP contribution in [0.25, 0.3) is 0 Å². The van der Waals surface area contributed by atoms with Gasteiger partial charge in [0.05, 0.1) is 43.2 Å². The van der Waals surface area contributed by atoms with Crippen molar-refractivity contribution in [2.75, 3.05) is 6.61 Å². The molecule has 0 aromatic rings. The zero-order chi connectivity index (χ0) is 40.9. The number of carboxylic acid groups (broad SMARTS) is 1. The molecule has 7 heterocycles. The minimum absolute atomic E-state index is 0.0423. The van der Waals surface area contributed by atoms with Crippen LogP contribution in [0.5, 0.6) is 0 Å². The fraction of sp³-hybridized carbons (Fsp3) is 0.841. The number of hydrogen-bond donors (Lipinski definition) is 5. The van der Waals surface area contributed by atoms with Crippen LogP contribution in [0.4, 0.5) is 0 Å². The first kappa shape index (κ1) is 43.3. The summed E-state index contributed by atoms with van der Waals surface area (Å²) in [5, 5.41) is 54.0. The van der Waals surface area contributed by atoms with Gasteiger partial charge in [-0.1, -0.05) is 45.1 Å². The molecule has 6 fully saturated rings. The topological polar surface area (TPSA) is 183 Å². The van der Waals surface area contributed by atoms with Gasteiger partial charge in [0.15, 0.2) is 17.2 Å². The normalized spacial score (nSPS) is 45.4. The second-order valence-corrected chi connectivity index (χ2v) is 18.9. The fourth-order valence-electron chi connectivity index (χ4n) is 10.5. The van der Waals surface area contributed by atoms with E-state index in [1.54, 1.807) is 6.08 Å². The summed E-state index contributed by atoms with van der Waals surface area (Å²) in [5.41, 5.74) is -0.551. The number of fused-ring (bicyclic) bond motifs is 1. The molecule has 0 saturated carbocycles. The first-order chi connectivity index (χ1) is 26.9. The number of carboxylic acids is 1. The van der Waals surface area contributed by atoms with Crippen LogP contribution in [0.2, 0.25) is 0 Å². The third-order valence-electron chi connectivity index (χ3n) is 14.0. The van der Waals surface area contributed by atoms with Gasteiger partial charge in [0.2, 0.25) is 5.79 Å². The van der Waals surface area contributed by atoms with Crippen molar-refractivity contribution in [1.82, 2.24) is 0 Å². The summed E-state index contributed by atoms with van der Waals surface area (Å²) in [5.74, 6) is -3.82. The Morgan fingerprint density at radius 3 is 2.49 bits per heavy atom. The van der Waals surface area contributed by atoms with E-state index in [1.807, 2.05) is 19.9 Å². The predicted molar refractivity (Wildman–Crippen MR) is 208 cm³/mol. The number of ether oxygens (including phenoxy) is 7. The third kappa shape index (κ3) is 9.15. The Morgan fingerprint density at radius 2 is 1.75 bits per heavy atom. The highest BCUT2D eigenvalue weighted by Gasteiger charge is 2.55. The average Bonchev–Trinajstić information content (AvgIpc) is 3.56. The molecule has 7 aliphatic rings. The van der Waals surface area contributed by atoms with Gasteiger partial charge in [-0.25, -0.2) is 4.79 Å². The van der Waals surface area contributed by atoms with Crippen molar-refractivity contribution >= 4 is 5.97 Å². The van der Waals surface area contributed by atoms with Gasteiger partial charge in [0.25, 0.3) is 0 Å². The Kier molecular flexibility index (Phi) is 12.9. The van der Waals surface area contributed by atoms with Crippen LogP contribution >= 0.6 is 0 Å². The standard InChI is InChI=1S/C44H68O13/c1-25-21-34(55-44(23-25)35(46)12-11-31(54-44)24-41(6,50)40(48)49)26(2)9-10-30-14-18-43(53-30)19-15-33-39(57-43)36(47)29(5)38(52-33)32(45)22-28(4)37-27(3)13-17-42(56-37)16-7-8-20-51-42/h9-10,23,26-28,30-39,45-47,50H,5,7-8,11-22,24H2,1-4,6H3,(H,48,49)/b10-9+/t26-,27-,28+,30+,31+,32+,33-,34-,35-,36-,37+,38+,39-,41-,42+,43+,44-/m1/s1. The van der Waals surface area contributed by atoms with Crippen molar-refractivity contribution < 1.29 is 63.5 Å². The Labute approximate surface area is 337 Å². The summed E-state index contributed by atoms with van der Waals surface area (Å²) in [6, 6.07) is 0. The van der Waals surface area contributed by atoms with Crippen LogP contribution in [0, 0.1) is 17.8 Å². The molecule has 17 atom stereocenters. The van der Waals surface area contributed by atoms with Crippen LogP contribution < -0.4 is 0 Å². The highest BCUT2D eigenvalue weighted by Crippen LogP contribution is 2.47. The monoisotopic (exact) mass is 804 g/mol. The van der Waals surface area contributed by atoms with Crippen molar-refractivity contribution in [3.63, 3.8) is 0 Å². The first-order valence-electron chi connectivity index (χ1n) is 21.7. The van der Waals surface area contributed by atoms with E-state index in [-0.39, 0.29) is 36.6 Å². The summed E-state index contributed by atoms with van der Waals surface area (Å²) < 4.78 is 45.2. The Bertz CT molecular complexity index is 1510. The van der Waals surface area contributed by atoms with E-state index >= 15 is 0 Å². The molecule has 0 aliphatic carbocycles. The zero-order valence-corrected chi connectivity index (χ0v) is 34.6. The van der Waals surface area contributed by atoms with Crippen molar-refractivity contribution in [2.24, 2.45) is 17.8 Å². The molecule has 13 nitrogen and oxygen atoms in total. The number of rotatable bonds is 10. The Morgan fingerprint density at radius 1 is 1.00 bits per heavy atom. The molecule has 6 saturated heterocycles. The summed E-state index contributed by atoms with van der Waals surface area (Å²) in [7, 11) is 0. The molecule has 0 aromatic carbocycles. The van der Waals surface area contributed by atoms with Crippen LogP contribution in [-0.2, 0) is 38.0 Å². The number of carbonyl (C=O) groups is 1. The van der Waals surface area contributed by atoms with Crippen LogP contribution in [0.3, 0.4) is 0 Å². The predicted octanol–water partition coefficient (Wildman–Crippen LogP) is 5.21. The fourth-order valence-corrected chi connectivity index (χ4v) is 10.5. The second-order valence-electron chi connectivity index (χ2n) is 18.9. The van der Waals surface area contributed by atoms with Crippen molar-refractivity contribution in [3.8, 4) is 0 Å². The van der Waals surface area contributed by atoms with E-state index < -0.39 is 71.7 Å². The van der Waals surface area contributed by atoms with Gasteiger partial charge in [0.1, 0.15) is 24.4 Å². The highest BCUT2D eigenvalue weighted by molar-refractivity contribution is 5.76. The molecule has 7 rings (SSSR count). The quantitative estimate of drug-likeness (QED) is 0.182. The summed E-state index contributed by atoms with van der Waals surface area (Å²) in [6.07, 6.45) is 9.37. The average molecular weight is 805 g/mol. The summed E-state index contributed by atoms with van der Waals surface area (Å²) in [4.78, 5) is 11.6. The van der Waals surface area contributed by atoms with Crippen molar-refractivity contribution in [3.05, 3.63) is 36.0 Å².